The molecule has 5 heteroatoms. The fraction of sp³-hybridized carbons (Fsp3) is 0.222. The Kier molecular flexibility index (Phi) is 2.41. The van der Waals surface area contributed by atoms with Gasteiger partial charge in [-0.2, -0.15) is 0 Å². The van der Waals surface area contributed by atoms with Crippen LogP contribution in [-0.4, -0.2) is 14.7 Å². The number of pyridine rings is 1. The van der Waals surface area contributed by atoms with Crippen molar-refractivity contribution in [1.82, 2.24) is 14.7 Å². The summed E-state index contributed by atoms with van der Waals surface area (Å²) in [6.45, 7) is 2.75. The highest BCUT2D eigenvalue weighted by atomic mass is 32.1. The first-order chi connectivity index (χ1) is 6.83. The summed E-state index contributed by atoms with van der Waals surface area (Å²) in [6.07, 6.45) is 3.43. The van der Waals surface area contributed by atoms with Crippen LogP contribution in [0.3, 0.4) is 0 Å². The molecule has 0 spiro atoms. The highest BCUT2D eigenvalue weighted by Crippen LogP contribution is 2.16. The summed E-state index contributed by atoms with van der Waals surface area (Å²) in [5, 5.41) is 3.91. The summed E-state index contributed by atoms with van der Waals surface area (Å²) in [4.78, 5) is 4.34. The van der Waals surface area contributed by atoms with E-state index >= 15 is 0 Å². The Morgan fingerprint density at radius 2 is 2.14 bits per heavy atom. The Hall–Kier alpha value is -1.49. The van der Waals surface area contributed by atoms with Crippen molar-refractivity contribution in [3.63, 3.8) is 0 Å². The molecule has 0 aromatic carbocycles. The number of nitrogens with zero attached hydrogens (tertiary/aromatic N) is 3. The molecule has 2 aromatic rings. The molecule has 2 rings (SSSR count). The van der Waals surface area contributed by atoms with Crippen molar-refractivity contribution in [2.75, 3.05) is 0 Å². The molecule has 14 heavy (non-hydrogen) atoms. The molecule has 72 valence electrons. The average molecular weight is 207 g/mol. The van der Waals surface area contributed by atoms with Crippen LogP contribution in [-0.2, 0) is 6.54 Å². The third kappa shape index (κ3) is 1.46. The lowest BCUT2D eigenvalue weighted by Crippen LogP contribution is -1.97. The van der Waals surface area contributed by atoms with Gasteiger partial charge < -0.3 is 4.52 Å². The molecule has 4 nitrogen and oxygen atoms in total. The number of hydrogen-bond acceptors (Lipinski definition) is 4. The van der Waals surface area contributed by atoms with Crippen molar-refractivity contribution in [3.8, 4) is 11.4 Å². The first-order valence-corrected chi connectivity index (χ1v) is 4.70. The molecule has 0 unspecified atom stereocenters. The van der Waals surface area contributed by atoms with Gasteiger partial charge in [-0.1, -0.05) is 5.16 Å². The predicted octanol–water partition coefficient (Wildman–Crippen LogP) is 2.29. The molecule has 0 bridgehead atoms. The highest BCUT2D eigenvalue weighted by Gasteiger charge is 2.07. The SMILES string of the molecule is CCn1c(-c2ccncc2)noc1=S. The molecule has 0 aliphatic heterocycles. The Labute approximate surface area is 86.2 Å². The second kappa shape index (κ2) is 3.71. The summed E-state index contributed by atoms with van der Waals surface area (Å²) in [5.74, 6) is 0.750. The van der Waals surface area contributed by atoms with Crippen molar-refractivity contribution in [2.24, 2.45) is 0 Å². The Bertz CT molecular complexity index is 474. The smallest absolute Gasteiger partial charge is 0.297 e. The Morgan fingerprint density at radius 3 is 2.79 bits per heavy atom. The molecule has 0 amide bonds. The minimum Gasteiger partial charge on any atom is -0.324 e. The van der Waals surface area contributed by atoms with Gasteiger partial charge in [-0.05, 0) is 31.3 Å². The maximum atomic E-state index is 4.99. The second-order valence-electron chi connectivity index (χ2n) is 2.75. The van der Waals surface area contributed by atoms with Gasteiger partial charge in [0, 0.05) is 24.5 Å². The molecule has 2 aromatic heterocycles. The van der Waals surface area contributed by atoms with Crippen LogP contribution in [0.5, 0.6) is 0 Å². The first kappa shape index (κ1) is 9.08. The minimum atomic E-state index is 0.402. The van der Waals surface area contributed by atoms with Gasteiger partial charge in [-0.15, -0.1) is 0 Å². The zero-order valence-corrected chi connectivity index (χ0v) is 8.49. The van der Waals surface area contributed by atoms with E-state index in [0.29, 0.717) is 4.84 Å². The molecule has 2 heterocycles. The summed E-state index contributed by atoms with van der Waals surface area (Å²) in [6, 6.07) is 3.75. The number of aromatic nitrogens is 3. The van der Waals surface area contributed by atoms with E-state index in [4.69, 9.17) is 16.7 Å². The van der Waals surface area contributed by atoms with Crippen LogP contribution in [0.1, 0.15) is 6.92 Å². The average Bonchev–Trinajstić information content (AvgIpc) is 2.61. The third-order valence-corrected chi connectivity index (χ3v) is 2.24. The van der Waals surface area contributed by atoms with E-state index in [1.54, 1.807) is 12.4 Å². The van der Waals surface area contributed by atoms with Gasteiger partial charge in [0.05, 0.1) is 0 Å². The summed E-state index contributed by atoms with van der Waals surface area (Å²) in [5.41, 5.74) is 0.960. The van der Waals surface area contributed by atoms with E-state index < -0.39 is 0 Å². The van der Waals surface area contributed by atoms with Gasteiger partial charge in [-0.25, -0.2) is 0 Å². The van der Waals surface area contributed by atoms with E-state index in [2.05, 4.69) is 10.1 Å². The van der Waals surface area contributed by atoms with Gasteiger partial charge in [0.25, 0.3) is 4.84 Å². The lowest BCUT2D eigenvalue weighted by Gasteiger charge is -2.00. The fourth-order valence-electron chi connectivity index (χ4n) is 1.26. The van der Waals surface area contributed by atoms with Crippen molar-refractivity contribution < 1.29 is 4.52 Å². The molecule has 0 fully saturated rings. The van der Waals surface area contributed by atoms with Crippen LogP contribution >= 0.6 is 12.2 Å². The fourth-order valence-corrected chi connectivity index (χ4v) is 1.51. The Morgan fingerprint density at radius 1 is 1.43 bits per heavy atom. The van der Waals surface area contributed by atoms with Gasteiger partial charge in [-0.3, -0.25) is 9.55 Å². The summed E-state index contributed by atoms with van der Waals surface area (Å²) in [7, 11) is 0. The molecular formula is C9H9N3OS. The molecule has 0 atom stereocenters. The quantitative estimate of drug-likeness (QED) is 0.709. The van der Waals surface area contributed by atoms with E-state index in [1.807, 2.05) is 23.6 Å². The number of rotatable bonds is 2. The van der Waals surface area contributed by atoms with Crippen LogP contribution < -0.4 is 0 Å². The molecule has 0 N–H and O–H groups in total. The van der Waals surface area contributed by atoms with E-state index in [1.165, 1.54) is 0 Å². The third-order valence-electron chi connectivity index (χ3n) is 1.94. The van der Waals surface area contributed by atoms with Crippen molar-refractivity contribution >= 4 is 12.2 Å². The zero-order chi connectivity index (χ0) is 9.97. The van der Waals surface area contributed by atoms with Gasteiger partial charge in [0.2, 0.25) is 0 Å². The van der Waals surface area contributed by atoms with Gasteiger partial charge >= 0.3 is 0 Å². The molecule has 0 radical (unpaired) electrons. The minimum absolute atomic E-state index is 0.402. The normalized spacial score (nSPS) is 10.4. The van der Waals surface area contributed by atoms with Crippen molar-refractivity contribution in [3.05, 3.63) is 29.4 Å². The maximum Gasteiger partial charge on any atom is 0.297 e. The largest absolute Gasteiger partial charge is 0.324 e. The zero-order valence-electron chi connectivity index (χ0n) is 7.67. The van der Waals surface area contributed by atoms with Crippen LogP contribution in [0, 0.1) is 4.84 Å². The standard InChI is InChI=1S/C9H9N3OS/c1-2-12-8(11-13-9(12)14)7-3-5-10-6-4-7/h3-6H,2H2,1H3. The first-order valence-electron chi connectivity index (χ1n) is 4.30. The summed E-state index contributed by atoms with van der Waals surface area (Å²) < 4.78 is 6.79. The lowest BCUT2D eigenvalue weighted by atomic mass is 10.2. The van der Waals surface area contributed by atoms with Crippen LogP contribution in [0.25, 0.3) is 11.4 Å². The van der Waals surface area contributed by atoms with E-state index in [9.17, 15) is 0 Å². The van der Waals surface area contributed by atoms with Crippen molar-refractivity contribution in [1.29, 1.82) is 0 Å². The van der Waals surface area contributed by atoms with Crippen LogP contribution in [0.2, 0.25) is 0 Å². The van der Waals surface area contributed by atoms with E-state index in [-0.39, 0.29) is 0 Å². The Balaban J connectivity index is 2.57. The number of hydrogen-bond donors (Lipinski definition) is 0. The predicted molar refractivity (Wildman–Crippen MR) is 54.2 cm³/mol. The maximum absolute atomic E-state index is 4.99. The van der Waals surface area contributed by atoms with Crippen molar-refractivity contribution in [2.45, 2.75) is 13.5 Å². The molecule has 0 saturated carbocycles. The van der Waals surface area contributed by atoms with Gasteiger partial charge in [0.1, 0.15) is 0 Å². The summed E-state index contributed by atoms with van der Waals surface area (Å²) >= 11 is 4.99. The topological polar surface area (TPSA) is 43.9 Å². The van der Waals surface area contributed by atoms with E-state index in [0.717, 1.165) is 17.9 Å². The second-order valence-corrected chi connectivity index (χ2v) is 3.10. The van der Waals surface area contributed by atoms with Gasteiger partial charge in [0.15, 0.2) is 5.82 Å². The molecule has 0 saturated heterocycles. The van der Waals surface area contributed by atoms with Crippen LogP contribution in [0.4, 0.5) is 0 Å². The monoisotopic (exact) mass is 207 g/mol. The molecule has 0 aliphatic rings. The van der Waals surface area contributed by atoms with Crippen LogP contribution in [0.15, 0.2) is 29.0 Å². The lowest BCUT2D eigenvalue weighted by molar-refractivity contribution is 0.398. The highest BCUT2D eigenvalue weighted by molar-refractivity contribution is 7.71. The molecular weight excluding hydrogens is 198 g/mol. The molecule has 0 aliphatic carbocycles.